The van der Waals surface area contributed by atoms with Gasteiger partial charge in [0.15, 0.2) is 0 Å². The Bertz CT molecular complexity index is 478. The van der Waals surface area contributed by atoms with Gasteiger partial charge in [0.1, 0.15) is 5.76 Å². The molecular weight excluding hydrogens is 266 g/mol. The molecule has 0 saturated heterocycles. The molecule has 1 heterocycles. The summed E-state index contributed by atoms with van der Waals surface area (Å²) in [6.45, 7) is 5.39. The van der Waals surface area contributed by atoms with Gasteiger partial charge in [0, 0.05) is 11.8 Å². The topological polar surface area (TPSA) is 25.2 Å². The second-order valence-electron chi connectivity index (χ2n) is 5.01. The van der Waals surface area contributed by atoms with Gasteiger partial charge in [-0.25, -0.2) is 0 Å². The van der Waals surface area contributed by atoms with Crippen molar-refractivity contribution in [3.63, 3.8) is 0 Å². The molecule has 20 heavy (non-hydrogen) atoms. The third-order valence-electron chi connectivity index (χ3n) is 3.23. The third-order valence-corrected chi connectivity index (χ3v) is 4.29. The molecule has 108 valence electrons. The first-order chi connectivity index (χ1) is 9.79. The summed E-state index contributed by atoms with van der Waals surface area (Å²) in [5, 5.41) is 3.63. The van der Waals surface area contributed by atoms with Gasteiger partial charge in [-0.05, 0) is 37.6 Å². The number of hydrogen-bond donors (Lipinski definition) is 1. The van der Waals surface area contributed by atoms with Crippen molar-refractivity contribution in [2.75, 3.05) is 12.3 Å². The van der Waals surface area contributed by atoms with Crippen LogP contribution in [-0.2, 0) is 5.75 Å². The van der Waals surface area contributed by atoms with Gasteiger partial charge < -0.3 is 9.73 Å². The normalized spacial score (nSPS) is 12.5. The molecule has 1 N–H and O–H groups in total. The highest BCUT2D eigenvalue weighted by Crippen LogP contribution is 2.22. The fourth-order valence-corrected chi connectivity index (χ4v) is 3.09. The van der Waals surface area contributed by atoms with Crippen molar-refractivity contribution in [1.82, 2.24) is 5.32 Å². The van der Waals surface area contributed by atoms with Crippen molar-refractivity contribution >= 4 is 11.8 Å². The summed E-state index contributed by atoms with van der Waals surface area (Å²) >= 11 is 1.91. The fourth-order valence-electron chi connectivity index (χ4n) is 2.06. The van der Waals surface area contributed by atoms with E-state index >= 15 is 0 Å². The summed E-state index contributed by atoms with van der Waals surface area (Å²) < 4.78 is 5.38. The van der Waals surface area contributed by atoms with Gasteiger partial charge >= 0.3 is 0 Å². The largest absolute Gasteiger partial charge is 0.468 e. The molecule has 1 unspecified atom stereocenters. The Labute approximate surface area is 126 Å². The lowest BCUT2D eigenvalue weighted by molar-refractivity contribution is 0.529. The fraction of sp³-hybridized carbons (Fsp3) is 0.412. The molecule has 0 spiro atoms. The van der Waals surface area contributed by atoms with Crippen LogP contribution in [0.4, 0.5) is 0 Å². The van der Waals surface area contributed by atoms with Crippen LogP contribution < -0.4 is 5.32 Å². The minimum Gasteiger partial charge on any atom is -0.468 e. The van der Waals surface area contributed by atoms with Gasteiger partial charge in [-0.15, -0.1) is 0 Å². The van der Waals surface area contributed by atoms with Crippen LogP contribution >= 0.6 is 11.8 Å². The molecular formula is C17H23NOS. The zero-order valence-electron chi connectivity index (χ0n) is 12.3. The molecule has 0 radical (unpaired) electrons. The van der Waals surface area contributed by atoms with E-state index in [-0.39, 0.29) is 0 Å². The highest BCUT2D eigenvalue weighted by molar-refractivity contribution is 7.98. The van der Waals surface area contributed by atoms with Gasteiger partial charge in [0.05, 0.1) is 12.0 Å². The van der Waals surface area contributed by atoms with E-state index in [2.05, 4.69) is 43.4 Å². The quantitative estimate of drug-likeness (QED) is 0.771. The van der Waals surface area contributed by atoms with E-state index in [9.17, 15) is 0 Å². The molecule has 0 aliphatic rings. The van der Waals surface area contributed by atoms with Crippen molar-refractivity contribution in [1.29, 1.82) is 0 Å². The minimum absolute atomic E-state index is 0.413. The van der Waals surface area contributed by atoms with Crippen molar-refractivity contribution in [2.24, 2.45) is 0 Å². The van der Waals surface area contributed by atoms with E-state index in [1.807, 2.05) is 23.9 Å². The number of rotatable bonds is 8. The van der Waals surface area contributed by atoms with Crippen LogP contribution in [0.1, 0.15) is 36.3 Å². The smallest absolute Gasteiger partial charge is 0.113 e. The van der Waals surface area contributed by atoms with Crippen LogP contribution in [0.5, 0.6) is 0 Å². The number of aryl methyl sites for hydroxylation is 1. The van der Waals surface area contributed by atoms with E-state index in [0.29, 0.717) is 6.04 Å². The number of benzene rings is 1. The molecule has 2 nitrogen and oxygen atoms in total. The van der Waals surface area contributed by atoms with Crippen molar-refractivity contribution in [3.05, 3.63) is 59.5 Å². The maximum atomic E-state index is 5.38. The van der Waals surface area contributed by atoms with E-state index in [0.717, 1.165) is 30.2 Å². The van der Waals surface area contributed by atoms with E-state index in [1.54, 1.807) is 6.26 Å². The predicted molar refractivity (Wildman–Crippen MR) is 87.1 cm³/mol. The Morgan fingerprint density at radius 2 is 2.00 bits per heavy atom. The van der Waals surface area contributed by atoms with Crippen LogP contribution in [0.25, 0.3) is 0 Å². The van der Waals surface area contributed by atoms with Crippen LogP contribution in [0.2, 0.25) is 0 Å². The maximum Gasteiger partial charge on any atom is 0.113 e. The first kappa shape index (κ1) is 15.2. The lowest BCUT2D eigenvalue weighted by Gasteiger charge is -2.18. The molecule has 0 saturated carbocycles. The van der Waals surface area contributed by atoms with E-state index < -0.39 is 0 Å². The molecule has 0 amide bonds. The Balaban J connectivity index is 1.90. The molecule has 2 rings (SSSR count). The number of thioether (sulfide) groups is 1. The van der Waals surface area contributed by atoms with Gasteiger partial charge in [0.2, 0.25) is 0 Å². The van der Waals surface area contributed by atoms with Gasteiger partial charge in [-0.2, -0.15) is 11.8 Å². The average molecular weight is 289 g/mol. The SMILES string of the molecule is CCCNC(CSCc1ccco1)c1ccc(C)cc1. The Hall–Kier alpha value is -1.19. The monoisotopic (exact) mass is 289 g/mol. The summed E-state index contributed by atoms with van der Waals surface area (Å²) in [6, 6.07) is 13.2. The zero-order chi connectivity index (χ0) is 14.2. The lowest BCUT2D eigenvalue weighted by Crippen LogP contribution is -2.24. The predicted octanol–water partition coefficient (Wildman–Crippen LogP) is 4.56. The van der Waals surface area contributed by atoms with Crippen LogP contribution in [0, 0.1) is 6.92 Å². The van der Waals surface area contributed by atoms with Gasteiger partial charge in [0.25, 0.3) is 0 Å². The van der Waals surface area contributed by atoms with Crippen LogP contribution in [0.15, 0.2) is 47.1 Å². The third kappa shape index (κ3) is 4.73. The molecule has 2 aromatic rings. The molecule has 0 aliphatic heterocycles. The molecule has 0 bridgehead atoms. The average Bonchev–Trinajstić information content (AvgIpc) is 2.97. The second kappa shape index (κ2) is 8.18. The molecule has 1 atom stereocenters. The molecule has 1 aromatic carbocycles. The molecule has 3 heteroatoms. The van der Waals surface area contributed by atoms with Crippen LogP contribution in [-0.4, -0.2) is 12.3 Å². The first-order valence-electron chi connectivity index (χ1n) is 7.19. The van der Waals surface area contributed by atoms with E-state index in [1.165, 1.54) is 11.1 Å². The highest BCUT2D eigenvalue weighted by Gasteiger charge is 2.11. The second-order valence-corrected chi connectivity index (χ2v) is 6.04. The van der Waals surface area contributed by atoms with Crippen molar-refractivity contribution < 1.29 is 4.42 Å². The lowest BCUT2D eigenvalue weighted by atomic mass is 10.1. The summed E-state index contributed by atoms with van der Waals surface area (Å²) in [5.74, 6) is 3.04. The summed E-state index contributed by atoms with van der Waals surface area (Å²) in [6.07, 6.45) is 2.90. The summed E-state index contributed by atoms with van der Waals surface area (Å²) in [7, 11) is 0. The van der Waals surface area contributed by atoms with Crippen LogP contribution in [0.3, 0.4) is 0 Å². The standard InChI is InChI=1S/C17H23NOS/c1-3-10-18-17(15-8-6-14(2)7-9-15)13-20-12-16-5-4-11-19-16/h4-9,11,17-18H,3,10,12-13H2,1-2H3. The summed E-state index contributed by atoms with van der Waals surface area (Å²) in [4.78, 5) is 0. The Morgan fingerprint density at radius 1 is 1.20 bits per heavy atom. The van der Waals surface area contributed by atoms with E-state index in [4.69, 9.17) is 4.42 Å². The van der Waals surface area contributed by atoms with Crippen molar-refractivity contribution in [3.8, 4) is 0 Å². The number of hydrogen-bond acceptors (Lipinski definition) is 3. The Kier molecular flexibility index (Phi) is 6.22. The first-order valence-corrected chi connectivity index (χ1v) is 8.35. The molecule has 0 aliphatic carbocycles. The molecule has 1 aromatic heterocycles. The van der Waals surface area contributed by atoms with Gasteiger partial charge in [-0.1, -0.05) is 36.8 Å². The zero-order valence-corrected chi connectivity index (χ0v) is 13.1. The minimum atomic E-state index is 0.413. The highest BCUT2D eigenvalue weighted by atomic mass is 32.2. The Morgan fingerprint density at radius 3 is 2.65 bits per heavy atom. The van der Waals surface area contributed by atoms with Gasteiger partial charge in [-0.3, -0.25) is 0 Å². The van der Waals surface area contributed by atoms with Crippen molar-refractivity contribution in [2.45, 2.75) is 32.1 Å². The summed E-state index contributed by atoms with van der Waals surface area (Å²) in [5.41, 5.74) is 2.68. The molecule has 0 fully saturated rings. The maximum absolute atomic E-state index is 5.38. The number of furan rings is 1. The number of nitrogens with one attached hydrogen (secondary N) is 1.